The van der Waals surface area contributed by atoms with Crippen molar-refractivity contribution in [3.05, 3.63) is 112 Å². The summed E-state index contributed by atoms with van der Waals surface area (Å²) in [6.07, 6.45) is 0.748. The number of anilines is 1. The van der Waals surface area contributed by atoms with Gasteiger partial charge in [0.05, 0.1) is 6.04 Å². The van der Waals surface area contributed by atoms with Crippen LogP contribution in [0.15, 0.2) is 96.1 Å². The van der Waals surface area contributed by atoms with Gasteiger partial charge in [-0.25, -0.2) is 29.3 Å². The van der Waals surface area contributed by atoms with Gasteiger partial charge in [0.25, 0.3) is 0 Å². The minimum Gasteiger partial charge on any atom is -0.239 e. The molecule has 4 nitrogen and oxygen atoms in total. The average Bonchev–Trinajstić information content (AvgIpc) is 3.51. The van der Waals surface area contributed by atoms with Gasteiger partial charge in [-0.05, 0) is 23.8 Å². The predicted molar refractivity (Wildman–Crippen MR) is 119 cm³/mol. The van der Waals surface area contributed by atoms with Gasteiger partial charge in [-0.2, -0.15) is 35.4 Å². The molecule has 30 heavy (non-hydrogen) atoms. The van der Waals surface area contributed by atoms with E-state index in [1.165, 1.54) is 0 Å². The molecule has 0 spiro atoms. The Balaban J connectivity index is 0.000000376. The van der Waals surface area contributed by atoms with E-state index in [1.54, 1.807) is 6.07 Å². The van der Waals surface area contributed by atoms with Crippen molar-refractivity contribution in [3.63, 3.8) is 0 Å². The summed E-state index contributed by atoms with van der Waals surface area (Å²) in [5, 5.41) is 15.8. The number of hydrogen-bond acceptors (Lipinski definition) is 4. The van der Waals surface area contributed by atoms with Gasteiger partial charge in [-0.1, -0.05) is 41.4 Å². The van der Waals surface area contributed by atoms with E-state index < -0.39 is 0 Å². The molecule has 2 heterocycles. The number of benzene rings is 1. The van der Waals surface area contributed by atoms with Crippen molar-refractivity contribution in [2.45, 2.75) is 12.5 Å². The van der Waals surface area contributed by atoms with E-state index in [0.717, 1.165) is 23.3 Å². The van der Waals surface area contributed by atoms with Crippen LogP contribution < -0.4 is 5.01 Å². The summed E-state index contributed by atoms with van der Waals surface area (Å²) < 4.78 is 0. The van der Waals surface area contributed by atoms with Crippen LogP contribution in [0.5, 0.6) is 0 Å². The molecule has 0 N–H and O–H groups in total. The van der Waals surface area contributed by atoms with Crippen LogP contribution in [0.25, 0.3) is 0 Å². The zero-order valence-electron chi connectivity index (χ0n) is 15.8. The summed E-state index contributed by atoms with van der Waals surface area (Å²) in [5.41, 5.74) is 3.12. The number of rotatable bonds is 3. The van der Waals surface area contributed by atoms with E-state index in [1.807, 2.05) is 77.8 Å². The second-order valence-electron chi connectivity index (χ2n) is 6.48. The maximum Gasteiger partial charge on any atom is 2.00 e. The molecule has 5 rings (SSSR count). The molecule has 0 radical (unpaired) electrons. The Morgan fingerprint density at radius 1 is 0.900 bits per heavy atom. The molecule has 3 aromatic carbocycles. The largest absolute Gasteiger partial charge is 2.00 e. The first kappa shape index (κ1) is 22.3. The average molecular weight is 477 g/mol. The van der Waals surface area contributed by atoms with E-state index in [2.05, 4.69) is 22.3 Å². The van der Waals surface area contributed by atoms with Crippen molar-refractivity contribution >= 4 is 34.7 Å². The molecule has 1 unspecified atom stereocenters. The summed E-state index contributed by atoms with van der Waals surface area (Å²) in [7, 11) is 0. The SMILES string of the molecule is Clc1ccc(N2N=C([c-]3cccc3)CC2c2ccccc2Cl)nn1.[Fe+2].c1cc[cH-]c1. The van der Waals surface area contributed by atoms with Gasteiger partial charge in [0, 0.05) is 17.2 Å². The van der Waals surface area contributed by atoms with Gasteiger partial charge in [0.2, 0.25) is 0 Å². The molecular weight excluding hydrogens is 459 g/mol. The summed E-state index contributed by atoms with van der Waals surface area (Å²) >= 11 is 12.3. The Kier molecular flexibility index (Phi) is 7.83. The third-order valence-corrected chi connectivity index (χ3v) is 5.12. The quantitative estimate of drug-likeness (QED) is 0.259. The molecular formula is C23H18Cl2FeN4. The Morgan fingerprint density at radius 2 is 1.63 bits per heavy atom. The first-order valence-corrected chi connectivity index (χ1v) is 9.97. The van der Waals surface area contributed by atoms with Gasteiger partial charge in [-0.15, -0.1) is 15.8 Å². The maximum atomic E-state index is 6.42. The third-order valence-electron chi connectivity index (χ3n) is 4.58. The molecule has 1 aromatic heterocycles. The second kappa shape index (κ2) is 10.6. The van der Waals surface area contributed by atoms with Crippen LogP contribution in [0.1, 0.15) is 23.6 Å². The van der Waals surface area contributed by atoms with Gasteiger partial charge < -0.3 is 0 Å². The summed E-state index contributed by atoms with van der Waals surface area (Å²) in [6, 6.07) is 29.4. The Bertz CT molecular complexity index is 1040. The smallest absolute Gasteiger partial charge is 0.239 e. The fourth-order valence-corrected chi connectivity index (χ4v) is 3.56. The first-order chi connectivity index (χ1) is 14.2. The zero-order chi connectivity index (χ0) is 20.1. The molecule has 0 saturated carbocycles. The fourth-order valence-electron chi connectivity index (χ4n) is 3.20. The monoisotopic (exact) mass is 476 g/mol. The minimum absolute atomic E-state index is 0. The van der Waals surface area contributed by atoms with Crippen molar-refractivity contribution in [1.82, 2.24) is 10.2 Å². The van der Waals surface area contributed by atoms with Crippen LogP contribution in [-0.2, 0) is 17.1 Å². The molecule has 1 aliphatic rings. The van der Waals surface area contributed by atoms with Gasteiger partial charge in [-0.3, -0.25) is 0 Å². The van der Waals surface area contributed by atoms with Gasteiger partial charge >= 0.3 is 17.1 Å². The molecule has 7 heteroatoms. The number of hydrogen-bond donors (Lipinski definition) is 0. The molecule has 0 amide bonds. The third kappa shape index (κ3) is 5.18. The van der Waals surface area contributed by atoms with Crippen LogP contribution >= 0.6 is 23.2 Å². The van der Waals surface area contributed by atoms with Crippen LogP contribution in [0.4, 0.5) is 5.82 Å². The molecule has 4 aromatic rings. The Morgan fingerprint density at radius 3 is 2.23 bits per heavy atom. The van der Waals surface area contributed by atoms with E-state index in [0.29, 0.717) is 16.0 Å². The van der Waals surface area contributed by atoms with E-state index >= 15 is 0 Å². The summed E-state index contributed by atoms with van der Waals surface area (Å²) in [5.74, 6) is 0.644. The van der Waals surface area contributed by atoms with Crippen molar-refractivity contribution in [3.8, 4) is 0 Å². The van der Waals surface area contributed by atoms with Gasteiger partial charge in [0.1, 0.15) is 0 Å². The van der Waals surface area contributed by atoms with E-state index in [4.69, 9.17) is 28.3 Å². The van der Waals surface area contributed by atoms with Crippen LogP contribution in [0.2, 0.25) is 10.2 Å². The fraction of sp³-hybridized carbons (Fsp3) is 0.0870. The van der Waals surface area contributed by atoms with Crippen molar-refractivity contribution in [1.29, 1.82) is 0 Å². The normalized spacial score (nSPS) is 15.1. The topological polar surface area (TPSA) is 41.4 Å². The van der Waals surface area contributed by atoms with Gasteiger partial charge in [0.15, 0.2) is 11.0 Å². The molecule has 0 saturated heterocycles. The summed E-state index contributed by atoms with van der Waals surface area (Å²) in [4.78, 5) is 0. The predicted octanol–water partition coefficient (Wildman–Crippen LogP) is 6.26. The molecule has 152 valence electrons. The van der Waals surface area contributed by atoms with E-state index in [-0.39, 0.29) is 23.1 Å². The Hall–Kier alpha value is -2.43. The second-order valence-corrected chi connectivity index (χ2v) is 7.28. The minimum atomic E-state index is -0.0286. The van der Waals surface area contributed by atoms with Crippen molar-refractivity contribution in [2.75, 3.05) is 5.01 Å². The summed E-state index contributed by atoms with van der Waals surface area (Å²) in [6.45, 7) is 0. The van der Waals surface area contributed by atoms with Crippen LogP contribution in [0.3, 0.4) is 0 Å². The standard InChI is InChI=1S/C18H13Cl2N4.C5H5.Fe/c19-14-8-4-3-7-13(14)16-11-15(12-5-1-2-6-12)23-24(16)18-10-9-17(20)21-22-18;1-2-4-5-3-1;/h1-10,16H,11H2;1-5H;/q2*-1;+2. The molecule has 1 aliphatic heterocycles. The number of hydrazone groups is 1. The number of nitrogens with zero attached hydrogens (tertiary/aromatic N) is 4. The zero-order valence-corrected chi connectivity index (χ0v) is 18.5. The number of halogens is 2. The van der Waals surface area contributed by atoms with Crippen molar-refractivity contribution in [2.24, 2.45) is 5.10 Å². The van der Waals surface area contributed by atoms with Crippen molar-refractivity contribution < 1.29 is 17.1 Å². The molecule has 0 aliphatic carbocycles. The molecule has 0 bridgehead atoms. The maximum absolute atomic E-state index is 6.42. The Labute approximate surface area is 196 Å². The number of aromatic nitrogens is 2. The molecule has 1 atom stereocenters. The van der Waals surface area contributed by atoms with E-state index in [9.17, 15) is 0 Å². The molecule has 0 fully saturated rings. The first-order valence-electron chi connectivity index (χ1n) is 9.21. The van der Waals surface area contributed by atoms with Crippen LogP contribution in [-0.4, -0.2) is 15.9 Å². The van der Waals surface area contributed by atoms with Crippen LogP contribution in [0, 0.1) is 0 Å².